The number of hydrogen-bond acceptors (Lipinski definition) is 5. The Morgan fingerprint density at radius 2 is 1.94 bits per heavy atom. The molecule has 1 amide bonds. The van der Waals surface area contributed by atoms with Gasteiger partial charge in [0.05, 0.1) is 23.7 Å². The molecule has 2 aromatic rings. The number of nitrogens with zero attached hydrogens (tertiary/aromatic N) is 3. The molecule has 2 aliphatic rings. The minimum Gasteiger partial charge on any atom is -0.380 e. The van der Waals surface area contributed by atoms with Crippen LogP contribution < -0.4 is 4.90 Å². The first-order chi connectivity index (χ1) is 17.2. The highest BCUT2D eigenvalue weighted by Gasteiger charge is 2.37. The lowest BCUT2D eigenvalue weighted by molar-refractivity contribution is -0.122. The summed E-state index contributed by atoms with van der Waals surface area (Å²) < 4.78 is 5.53. The second-order valence-electron chi connectivity index (χ2n) is 10.00. The maximum atomic E-state index is 13.4. The molecule has 1 saturated heterocycles. The Labute approximate surface area is 224 Å². The Morgan fingerprint density at radius 1 is 1.19 bits per heavy atom. The Hall–Kier alpha value is -2.28. The predicted molar refractivity (Wildman–Crippen MR) is 154 cm³/mol. The average Bonchev–Trinajstić information content (AvgIpc) is 3.12. The molecule has 1 fully saturated rings. The fraction of sp³-hybridized carbons (Fsp3) is 0.448. The monoisotopic (exact) mass is 525 g/mol. The quantitative estimate of drug-likeness (QED) is 0.264. The van der Waals surface area contributed by atoms with Crippen LogP contribution in [0.25, 0.3) is 6.08 Å². The number of carbonyl (C=O) groups excluding carboxylic acids is 1. The third-order valence-corrected chi connectivity index (χ3v) is 8.10. The van der Waals surface area contributed by atoms with E-state index in [-0.39, 0.29) is 11.4 Å². The summed E-state index contributed by atoms with van der Waals surface area (Å²) in [6, 6.07) is 14.0. The van der Waals surface area contributed by atoms with Gasteiger partial charge in [-0.3, -0.25) is 9.69 Å². The molecule has 192 valence electrons. The van der Waals surface area contributed by atoms with E-state index in [2.05, 4.69) is 44.7 Å². The van der Waals surface area contributed by atoms with Gasteiger partial charge in [0.15, 0.2) is 5.17 Å². The van der Waals surface area contributed by atoms with Crippen LogP contribution in [0.2, 0.25) is 5.02 Å². The number of rotatable bonds is 8. The van der Waals surface area contributed by atoms with Crippen molar-refractivity contribution in [2.24, 2.45) is 4.99 Å². The van der Waals surface area contributed by atoms with Crippen LogP contribution in [0.4, 0.5) is 11.4 Å². The van der Waals surface area contributed by atoms with Gasteiger partial charge in [0, 0.05) is 29.4 Å². The average molecular weight is 526 g/mol. The molecule has 1 unspecified atom stereocenters. The molecule has 1 atom stereocenters. The summed E-state index contributed by atoms with van der Waals surface area (Å²) >= 11 is 8.24. The fourth-order valence-electron chi connectivity index (χ4n) is 5.12. The van der Waals surface area contributed by atoms with E-state index in [0.717, 1.165) is 30.6 Å². The number of amides is 1. The van der Waals surface area contributed by atoms with E-state index in [0.29, 0.717) is 40.8 Å². The summed E-state index contributed by atoms with van der Waals surface area (Å²) in [7, 11) is 0. The van der Waals surface area contributed by atoms with Crippen molar-refractivity contribution in [2.75, 3.05) is 31.2 Å². The van der Waals surface area contributed by atoms with Crippen LogP contribution in [0.3, 0.4) is 0 Å². The van der Waals surface area contributed by atoms with Crippen LogP contribution >= 0.6 is 23.4 Å². The molecule has 4 rings (SSSR count). The summed E-state index contributed by atoms with van der Waals surface area (Å²) in [6.07, 6.45) is 4.07. The summed E-state index contributed by atoms with van der Waals surface area (Å²) in [5, 5.41) is 1.32. The molecule has 36 heavy (non-hydrogen) atoms. The van der Waals surface area contributed by atoms with Gasteiger partial charge in [0.1, 0.15) is 0 Å². The third kappa shape index (κ3) is 5.66. The first-order valence-electron chi connectivity index (χ1n) is 12.8. The van der Waals surface area contributed by atoms with Gasteiger partial charge in [-0.25, -0.2) is 4.99 Å². The molecule has 2 aromatic carbocycles. The number of aliphatic imine (C=N–C) groups is 1. The molecule has 2 heterocycles. The Balaban J connectivity index is 1.70. The Morgan fingerprint density at radius 3 is 2.64 bits per heavy atom. The fourth-order valence-corrected chi connectivity index (χ4v) is 6.35. The molecule has 0 bridgehead atoms. The number of thioether (sulfide) groups is 1. The van der Waals surface area contributed by atoms with Gasteiger partial charge in [-0.15, -0.1) is 0 Å². The molecule has 5 nitrogen and oxygen atoms in total. The Kier molecular flexibility index (Phi) is 8.48. The molecule has 0 N–H and O–H groups in total. The number of fused-ring (bicyclic) bond motifs is 1. The number of carbonyl (C=O) groups is 1. The first-order valence-corrected chi connectivity index (χ1v) is 14.0. The number of benzene rings is 2. The maximum Gasteiger partial charge on any atom is 0.266 e. The van der Waals surface area contributed by atoms with E-state index in [4.69, 9.17) is 21.3 Å². The number of hydrogen-bond donors (Lipinski definition) is 0. The van der Waals surface area contributed by atoms with Crippen LogP contribution in [0.5, 0.6) is 0 Å². The summed E-state index contributed by atoms with van der Waals surface area (Å²) in [5.41, 5.74) is 4.27. The van der Waals surface area contributed by atoms with Crippen molar-refractivity contribution in [3.63, 3.8) is 0 Å². The van der Waals surface area contributed by atoms with E-state index in [1.165, 1.54) is 23.0 Å². The van der Waals surface area contributed by atoms with Gasteiger partial charge in [-0.1, -0.05) is 43.6 Å². The molecule has 0 radical (unpaired) electrons. The summed E-state index contributed by atoms with van der Waals surface area (Å²) in [6.45, 7) is 13.6. The highest BCUT2D eigenvalue weighted by molar-refractivity contribution is 8.18. The molecule has 0 saturated carbocycles. The smallest absolute Gasteiger partial charge is 0.266 e. The van der Waals surface area contributed by atoms with Crippen LogP contribution in [-0.2, 0) is 9.53 Å². The van der Waals surface area contributed by atoms with E-state index in [1.54, 1.807) is 4.90 Å². The minimum atomic E-state index is -0.0648. The second kappa shape index (κ2) is 11.4. The zero-order chi connectivity index (χ0) is 25.9. The second-order valence-corrected chi connectivity index (χ2v) is 11.4. The van der Waals surface area contributed by atoms with Crippen LogP contribution in [0.15, 0.2) is 52.4 Å². The van der Waals surface area contributed by atoms with Gasteiger partial charge >= 0.3 is 0 Å². The van der Waals surface area contributed by atoms with Crippen molar-refractivity contribution in [1.82, 2.24) is 4.90 Å². The summed E-state index contributed by atoms with van der Waals surface area (Å²) in [5.74, 6) is 0.340. The van der Waals surface area contributed by atoms with Crippen molar-refractivity contribution in [2.45, 2.75) is 58.9 Å². The van der Waals surface area contributed by atoms with Crippen LogP contribution in [0.1, 0.15) is 64.5 Å². The zero-order valence-corrected chi connectivity index (χ0v) is 23.5. The van der Waals surface area contributed by atoms with E-state index in [9.17, 15) is 4.79 Å². The largest absolute Gasteiger partial charge is 0.380 e. The number of amidine groups is 1. The maximum absolute atomic E-state index is 13.4. The number of halogens is 1. The number of para-hydroxylation sites is 1. The zero-order valence-electron chi connectivity index (χ0n) is 21.9. The van der Waals surface area contributed by atoms with Crippen molar-refractivity contribution < 1.29 is 9.53 Å². The molecular formula is C29H36ClN3O2S. The highest BCUT2D eigenvalue weighted by atomic mass is 35.5. The third-order valence-electron chi connectivity index (χ3n) is 6.77. The first kappa shape index (κ1) is 26.8. The lowest BCUT2D eigenvalue weighted by atomic mass is 9.79. The lowest BCUT2D eigenvalue weighted by Crippen LogP contribution is -2.48. The van der Waals surface area contributed by atoms with Crippen LogP contribution in [0, 0.1) is 0 Å². The van der Waals surface area contributed by atoms with E-state index >= 15 is 0 Å². The van der Waals surface area contributed by atoms with Crippen molar-refractivity contribution in [1.29, 1.82) is 0 Å². The van der Waals surface area contributed by atoms with Gasteiger partial charge in [0.2, 0.25) is 0 Å². The van der Waals surface area contributed by atoms with Crippen molar-refractivity contribution in [3.05, 3.63) is 63.5 Å². The van der Waals surface area contributed by atoms with Crippen LogP contribution in [-0.4, -0.2) is 47.8 Å². The normalized spacial score (nSPS) is 21.5. The van der Waals surface area contributed by atoms with Gasteiger partial charge in [-0.05, 0) is 92.8 Å². The standard InChI is InChI=1S/C29H36ClN3O2S/c1-6-13-33-25-18-24(30)21(16-23(25)20(3)19-29(33,4)5)17-26-27(34)32(14-15-35-7-2)28(36-26)31-22-11-9-8-10-12-22/h8-12,16-18,20H,6-7,13-15,19H2,1-5H3/b26-17+,31-28?. The van der Waals surface area contributed by atoms with Gasteiger partial charge in [0.25, 0.3) is 5.91 Å². The Bertz CT molecular complexity index is 1160. The van der Waals surface area contributed by atoms with E-state index < -0.39 is 0 Å². The van der Waals surface area contributed by atoms with Gasteiger partial charge in [-0.2, -0.15) is 0 Å². The molecular weight excluding hydrogens is 490 g/mol. The number of ether oxygens (including phenoxy) is 1. The molecule has 0 spiro atoms. The van der Waals surface area contributed by atoms with E-state index in [1.807, 2.05) is 43.3 Å². The SMILES string of the molecule is CCCN1c2cc(Cl)c(/C=C3/SC(=Nc4ccccc4)N(CCOCC)C3=O)cc2C(C)CC1(C)C. The molecule has 2 aliphatic heterocycles. The minimum absolute atomic E-state index is 0.0648. The summed E-state index contributed by atoms with van der Waals surface area (Å²) in [4.78, 5) is 23.0. The highest BCUT2D eigenvalue weighted by Crippen LogP contribution is 2.46. The van der Waals surface area contributed by atoms with Gasteiger partial charge < -0.3 is 9.64 Å². The molecule has 7 heteroatoms. The topological polar surface area (TPSA) is 45.1 Å². The molecule has 0 aromatic heterocycles. The lowest BCUT2D eigenvalue weighted by Gasteiger charge is -2.47. The number of anilines is 1. The van der Waals surface area contributed by atoms with Crippen molar-refractivity contribution in [3.8, 4) is 0 Å². The predicted octanol–water partition coefficient (Wildman–Crippen LogP) is 7.48. The van der Waals surface area contributed by atoms with Crippen molar-refractivity contribution >= 4 is 51.9 Å². The molecule has 0 aliphatic carbocycles.